The molecule has 0 aromatic carbocycles. The molecule has 3 unspecified atom stereocenters. The van der Waals surface area contributed by atoms with Crippen molar-refractivity contribution in [1.29, 1.82) is 0 Å². The van der Waals surface area contributed by atoms with E-state index in [1.54, 1.807) is 0 Å². The lowest BCUT2D eigenvalue weighted by Crippen LogP contribution is -2.46. The van der Waals surface area contributed by atoms with Gasteiger partial charge in [0.2, 0.25) is 5.91 Å². The Balaban J connectivity index is 4.07. The van der Waals surface area contributed by atoms with Crippen LogP contribution in [0.4, 0.5) is 0 Å². The molecule has 0 bridgehead atoms. The van der Waals surface area contributed by atoms with Crippen molar-refractivity contribution in [2.75, 3.05) is 40.9 Å². The SMILES string of the molecule is CCCCCCCCCCCCCCCCCCCCCCCCCCCC(O)C(COP(=O)([O-])OCC[N+](C)(C)C)NC(=O)CCCCCCCCCCCCCCCCCCCCCCCCC. The van der Waals surface area contributed by atoms with Gasteiger partial charge in [-0.1, -0.05) is 316 Å². The highest BCUT2D eigenvalue weighted by atomic mass is 31.2. The van der Waals surface area contributed by atoms with E-state index in [0.29, 0.717) is 23.9 Å². The number of carbonyl (C=O) groups excluding carboxylic acids is 1. The van der Waals surface area contributed by atoms with Crippen molar-refractivity contribution in [1.82, 2.24) is 5.32 Å². The van der Waals surface area contributed by atoms with E-state index >= 15 is 0 Å². The van der Waals surface area contributed by atoms with E-state index < -0.39 is 20.0 Å². The second-order valence-electron chi connectivity index (χ2n) is 23.1. The van der Waals surface area contributed by atoms with E-state index in [9.17, 15) is 19.4 Å². The summed E-state index contributed by atoms with van der Waals surface area (Å²) in [7, 11) is 1.33. The fourth-order valence-corrected chi connectivity index (χ4v) is 10.7. The third-order valence-electron chi connectivity index (χ3n) is 14.8. The van der Waals surface area contributed by atoms with Crippen molar-refractivity contribution < 1.29 is 32.9 Å². The summed E-state index contributed by atoms with van der Waals surface area (Å²) >= 11 is 0. The fourth-order valence-electron chi connectivity index (χ4n) is 9.93. The van der Waals surface area contributed by atoms with Crippen molar-refractivity contribution in [2.45, 2.75) is 347 Å². The zero-order chi connectivity index (χ0) is 51.3. The molecule has 1 amide bonds. The molecule has 0 aliphatic carbocycles. The minimum atomic E-state index is -4.57. The van der Waals surface area contributed by atoms with Gasteiger partial charge in [-0.2, -0.15) is 0 Å². The number of phosphoric ester groups is 1. The van der Waals surface area contributed by atoms with Crippen molar-refractivity contribution in [2.24, 2.45) is 0 Å². The molecule has 420 valence electrons. The molecule has 0 aromatic rings. The number of nitrogens with zero attached hydrogens (tertiary/aromatic N) is 1. The first kappa shape index (κ1) is 69.5. The van der Waals surface area contributed by atoms with Gasteiger partial charge in [0.25, 0.3) is 7.82 Å². The summed E-state index contributed by atoms with van der Waals surface area (Å²) in [5.74, 6) is -0.155. The number of nitrogens with one attached hydrogen (secondary N) is 1. The molecule has 8 nitrogen and oxygen atoms in total. The minimum Gasteiger partial charge on any atom is -0.756 e. The van der Waals surface area contributed by atoms with E-state index in [-0.39, 0.29) is 19.1 Å². The highest BCUT2D eigenvalue weighted by Crippen LogP contribution is 2.38. The first-order chi connectivity index (χ1) is 34.0. The molecule has 2 N–H and O–H groups in total. The topological polar surface area (TPSA) is 108 Å². The Bertz CT molecular complexity index is 1100. The zero-order valence-corrected chi connectivity index (χ0v) is 48.9. The molecule has 0 rings (SSSR count). The van der Waals surface area contributed by atoms with Crippen molar-refractivity contribution >= 4 is 13.7 Å². The summed E-state index contributed by atoms with van der Waals surface area (Å²) in [5.41, 5.74) is 0. The summed E-state index contributed by atoms with van der Waals surface area (Å²) in [4.78, 5) is 25.6. The summed E-state index contributed by atoms with van der Waals surface area (Å²) in [5, 5.41) is 14.1. The number of quaternary nitrogens is 1. The summed E-state index contributed by atoms with van der Waals surface area (Å²) < 4.78 is 23.5. The standard InChI is InChI=1S/C61H125N2O6P/c1-6-8-10-12-14-16-18-20-22-24-26-28-30-31-33-34-36-38-40-42-44-46-48-50-52-54-60(64)59(58-69-70(66,67)68-57-56-63(3,4)5)62-61(65)55-53-51-49-47-45-43-41-39-37-35-32-29-27-25-23-21-19-17-15-13-11-9-7-2/h59-60,64H,6-58H2,1-5H3,(H-,62,65,66,67). The number of amides is 1. The monoisotopic (exact) mass is 1010 g/mol. The van der Waals surface area contributed by atoms with Gasteiger partial charge in [0, 0.05) is 6.42 Å². The summed E-state index contributed by atoms with van der Waals surface area (Å²) in [6.45, 7) is 4.79. The zero-order valence-electron chi connectivity index (χ0n) is 48.0. The maximum absolute atomic E-state index is 13.0. The Morgan fingerprint density at radius 3 is 0.971 bits per heavy atom. The number of carbonyl (C=O) groups is 1. The average Bonchev–Trinajstić information content (AvgIpc) is 3.32. The van der Waals surface area contributed by atoms with Crippen LogP contribution in [-0.2, 0) is 18.4 Å². The van der Waals surface area contributed by atoms with Gasteiger partial charge in [0.15, 0.2) is 0 Å². The maximum Gasteiger partial charge on any atom is 0.268 e. The maximum atomic E-state index is 13.0. The molecule has 9 heteroatoms. The molecule has 0 aliphatic heterocycles. The van der Waals surface area contributed by atoms with Crippen LogP contribution < -0.4 is 10.2 Å². The molecule has 70 heavy (non-hydrogen) atoms. The van der Waals surface area contributed by atoms with Crippen LogP contribution in [0.5, 0.6) is 0 Å². The van der Waals surface area contributed by atoms with E-state index in [1.165, 1.54) is 270 Å². The lowest BCUT2D eigenvalue weighted by Gasteiger charge is -2.30. The number of hydrogen-bond donors (Lipinski definition) is 2. The van der Waals surface area contributed by atoms with Gasteiger partial charge in [-0.25, -0.2) is 0 Å². The minimum absolute atomic E-state index is 0.0168. The molecular weight excluding hydrogens is 888 g/mol. The predicted octanol–water partition coefficient (Wildman–Crippen LogP) is 18.6. The number of rotatable bonds is 59. The second kappa shape index (κ2) is 53.3. The van der Waals surface area contributed by atoms with Gasteiger partial charge in [-0.05, 0) is 12.8 Å². The Morgan fingerprint density at radius 2 is 0.700 bits per heavy atom. The summed E-state index contributed by atoms with van der Waals surface area (Å²) in [6, 6.07) is -0.796. The highest BCUT2D eigenvalue weighted by Gasteiger charge is 2.24. The third-order valence-corrected chi connectivity index (χ3v) is 15.8. The van der Waals surface area contributed by atoms with Gasteiger partial charge < -0.3 is 28.8 Å². The van der Waals surface area contributed by atoms with E-state index in [4.69, 9.17) is 9.05 Å². The lowest BCUT2D eigenvalue weighted by atomic mass is 10.0. The number of phosphoric acid groups is 1. The van der Waals surface area contributed by atoms with Crippen LogP contribution in [0.25, 0.3) is 0 Å². The molecular formula is C61H125N2O6P. The number of hydrogen-bond acceptors (Lipinski definition) is 6. The van der Waals surface area contributed by atoms with Crippen LogP contribution in [0.3, 0.4) is 0 Å². The average molecular weight is 1010 g/mol. The van der Waals surface area contributed by atoms with Crippen LogP contribution in [0.15, 0.2) is 0 Å². The van der Waals surface area contributed by atoms with E-state index in [0.717, 1.165) is 38.5 Å². The summed E-state index contributed by atoms with van der Waals surface area (Å²) in [6.07, 6.45) is 64.3. The molecule has 0 aliphatic rings. The number of aliphatic hydroxyl groups excluding tert-OH is 1. The Hall–Kier alpha value is -0.500. The lowest BCUT2D eigenvalue weighted by molar-refractivity contribution is -0.870. The smallest absolute Gasteiger partial charge is 0.268 e. The van der Waals surface area contributed by atoms with Crippen LogP contribution in [0.1, 0.15) is 335 Å². The van der Waals surface area contributed by atoms with E-state index in [2.05, 4.69) is 19.2 Å². The molecule has 0 saturated heterocycles. The highest BCUT2D eigenvalue weighted by molar-refractivity contribution is 7.45. The molecule has 3 atom stereocenters. The molecule has 0 heterocycles. The molecule has 0 fully saturated rings. The van der Waals surface area contributed by atoms with Crippen LogP contribution >= 0.6 is 7.82 Å². The largest absolute Gasteiger partial charge is 0.756 e. The third kappa shape index (κ3) is 55.3. The number of aliphatic hydroxyl groups is 1. The Kier molecular flexibility index (Phi) is 52.9. The van der Waals surface area contributed by atoms with Crippen molar-refractivity contribution in [3.63, 3.8) is 0 Å². The van der Waals surface area contributed by atoms with Crippen molar-refractivity contribution in [3.8, 4) is 0 Å². The van der Waals surface area contributed by atoms with Gasteiger partial charge in [-0.3, -0.25) is 9.36 Å². The molecule has 0 aromatic heterocycles. The Labute approximate surface area is 438 Å². The van der Waals surface area contributed by atoms with E-state index in [1.807, 2.05) is 21.1 Å². The van der Waals surface area contributed by atoms with Gasteiger partial charge in [0.05, 0.1) is 39.9 Å². The second-order valence-corrected chi connectivity index (χ2v) is 24.5. The molecule has 0 radical (unpaired) electrons. The predicted molar refractivity (Wildman–Crippen MR) is 303 cm³/mol. The van der Waals surface area contributed by atoms with Gasteiger partial charge >= 0.3 is 0 Å². The number of unbranched alkanes of at least 4 members (excludes halogenated alkanes) is 46. The first-order valence-electron chi connectivity index (χ1n) is 31.4. The van der Waals surface area contributed by atoms with Crippen molar-refractivity contribution in [3.05, 3.63) is 0 Å². The van der Waals surface area contributed by atoms with Crippen LogP contribution in [-0.4, -0.2) is 68.5 Å². The normalized spacial score (nSPS) is 13.8. The molecule has 0 spiro atoms. The van der Waals surface area contributed by atoms with Gasteiger partial charge in [0.1, 0.15) is 13.2 Å². The first-order valence-corrected chi connectivity index (χ1v) is 32.8. The fraction of sp³-hybridized carbons (Fsp3) is 0.984. The Morgan fingerprint density at radius 1 is 0.443 bits per heavy atom. The van der Waals surface area contributed by atoms with Crippen LogP contribution in [0.2, 0.25) is 0 Å². The van der Waals surface area contributed by atoms with Crippen LogP contribution in [0, 0.1) is 0 Å². The quantitative estimate of drug-likeness (QED) is 0.0357. The molecule has 0 saturated carbocycles. The number of likely N-dealkylation sites (N-methyl/N-ethyl adjacent to an activating group) is 1. The van der Waals surface area contributed by atoms with Gasteiger partial charge in [-0.15, -0.1) is 0 Å².